The van der Waals surface area contributed by atoms with Crippen molar-refractivity contribution >= 4 is 0 Å². The lowest BCUT2D eigenvalue weighted by molar-refractivity contribution is 0.404. The Morgan fingerprint density at radius 3 is 2.47 bits per heavy atom. The predicted molar refractivity (Wildman–Crippen MR) is 75.0 cm³/mol. The van der Waals surface area contributed by atoms with Crippen LogP contribution in [0.15, 0.2) is 42.5 Å². The maximum Gasteiger partial charge on any atom is 0.128 e. The van der Waals surface area contributed by atoms with Gasteiger partial charge in [0.05, 0.1) is 13.2 Å². The van der Waals surface area contributed by atoms with Gasteiger partial charge in [-0.3, -0.25) is 0 Å². The molecule has 0 aliphatic carbocycles. The zero-order valence-electron chi connectivity index (χ0n) is 11.4. The molecule has 2 aromatic rings. The molecular formula is C16H18FNO. The van der Waals surface area contributed by atoms with Gasteiger partial charge in [0.1, 0.15) is 11.6 Å². The van der Waals surface area contributed by atoms with Crippen LogP contribution >= 0.6 is 0 Å². The summed E-state index contributed by atoms with van der Waals surface area (Å²) in [5.74, 6) is 0.540. The molecule has 0 saturated heterocycles. The Kier molecular flexibility index (Phi) is 4.17. The Morgan fingerprint density at radius 2 is 1.84 bits per heavy atom. The van der Waals surface area contributed by atoms with Crippen LogP contribution in [-0.4, -0.2) is 14.2 Å². The molecule has 0 bridgehead atoms. The zero-order valence-corrected chi connectivity index (χ0v) is 11.4. The fraction of sp³-hybridized carbons (Fsp3) is 0.250. The normalized spacial score (nSPS) is 12.2. The first-order valence-electron chi connectivity index (χ1n) is 6.23. The van der Waals surface area contributed by atoms with Crippen LogP contribution in [0.25, 0.3) is 0 Å². The lowest BCUT2D eigenvalue weighted by Crippen LogP contribution is -2.19. The van der Waals surface area contributed by atoms with Gasteiger partial charge in [-0.15, -0.1) is 0 Å². The highest BCUT2D eigenvalue weighted by Crippen LogP contribution is 2.31. The first-order valence-corrected chi connectivity index (χ1v) is 6.23. The zero-order chi connectivity index (χ0) is 13.8. The van der Waals surface area contributed by atoms with Crippen LogP contribution in [0.1, 0.15) is 22.7 Å². The molecule has 1 N–H and O–H groups in total. The highest BCUT2D eigenvalue weighted by molar-refractivity contribution is 5.44. The van der Waals surface area contributed by atoms with E-state index in [2.05, 4.69) is 5.32 Å². The largest absolute Gasteiger partial charge is 0.496 e. The summed E-state index contributed by atoms with van der Waals surface area (Å²) in [7, 11) is 3.45. The van der Waals surface area contributed by atoms with Crippen molar-refractivity contribution in [3.05, 3.63) is 65.0 Å². The predicted octanol–water partition coefficient (Wildman–Crippen LogP) is 3.45. The number of methoxy groups -OCH3 is 1. The summed E-state index contributed by atoms with van der Waals surface area (Å²) in [5.41, 5.74) is 2.68. The monoisotopic (exact) mass is 259 g/mol. The van der Waals surface area contributed by atoms with E-state index in [1.807, 2.05) is 38.2 Å². The average molecular weight is 259 g/mol. The Balaban J connectivity index is 2.54. The molecule has 0 heterocycles. The molecule has 2 aromatic carbocycles. The van der Waals surface area contributed by atoms with Gasteiger partial charge in [0, 0.05) is 11.1 Å². The summed E-state index contributed by atoms with van der Waals surface area (Å²) in [4.78, 5) is 0. The molecule has 0 radical (unpaired) electrons. The van der Waals surface area contributed by atoms with Crippen LogP contribution in [0.3, 0.4) is 0 Å². The maximum atomic E-state index is 14.0. The van der Waals surface area contributed by atoms with E-state index in [0.29, 0.717) is 5.56 Å². The van der Waals surface area contributed by atoms with Crippen molar-refractivity contribution in [2.24, 2.45) is 0 Å². The molecule has 19 heavy (non-hydrogen) atoms. The third-order valence-corrected chi connectivity index (χ3v) is 3.20. The van der Waals surface area contributed by atoms with E-state index >= 15 is 0 Å². The van der Waals surface area contributed by atoms with Crippen LogP contribution in [0, 0.1) is 12.7 Å². The van der Waals surface area contributed by atoms with E-state index in [-0.39, 0.29) is 11.9 Å². The minimum atomic E-state index is -0.226. The fourth-order valence-electron chi connectivity index (χ4n) is 2.27. The quantitative estimate of drug-likeness (QED) is 0.908. The van der Waals surface area contributed by atoms with E-state index in [1.165, 1.54) is 6.07 Å². The van der Waals surface area contributed by atoms with Crippen molar-refractivity contribution in [3.63, 3.8) is 0 Å². The Hall–Kier alpha value is -1.87. The van der Waals surface area contributed by atoms with Gasteiger partial charge in [-0.1, -0.05) is 35.9 Å². The van der Waals surface area contributed by atoms with Crippen LogP contribution < -0.4 is 10.1 Å². The van der Waals surface area contributed by atoms with Crippen LogP contribution in [0.2, 0.25) is 0 Å². The summed E-state index contributed by atoms with van der Waals surface area (Å²) in [6.07, 6.45) is 0. The number of benzene rings is 2. The first kappa shape index (κ1) is 13.6. The number of rotatable bonds is 4. The van der Waals surface area contributed by atoms with Gasteiger partial charge in [0.2, 0.25) is 0 Å². The molecule has 3 heteroatoms. The highest BCUT2D eigenvalue weighted by atomic mass is 19.1. The molecule has 0 aromatic heterocycles. The van der Waals surface area contributed by atoms with Crippen molar-refractivity contribution in [1.82, 2.24) is 5.32 Å². The second-order valence-corrected chi connectivity index (χ2v) is 4.49. The smallest absolute Gasteiger partial charge is 0.128 e. The van der Waals surface area contributed by atoms with Crippen molar-refractivity contribution in [3.8, 4) is 5.75 Å². The highest BCUT2D eigenvalue weighted by Gasteiger charge is 2.19. The van der Waals surface area contributed by atoms with Crippen molar-refractivity contribution < 1.29 is 9.13 Å². The molecule has 1 atom stereocenters. The standard InChI is InChI=1S/C16H18FNO/c1-11-8-9-15(19-3)13(10-11)16(18-2)12-6-4-5-7-14(12)17/h4-10,16,18H,1-3H3. The van der Waals surface area contributed by atoms with Crippen LogP contribution in [-0.2, 0) is 0 Å². The number of nitrogens with one attached hydrogen (secondary N) is 1. The number of aryl methyl sites for hydroxylation is 1. The van der Waals surface area contributed by atoms with E-state index in [1.54, 1.807) is 19.2 Å². The molecule has 0 spiro atoms. The summed E-state index contributed by atoms with van der Waals surface area (Å²) >= 11 is 0. The van der Waals surface area contributed by atoms with Gasteiger partial charge in [0.25, 0.3) is 0 Å². The molecule has 0 saturated carbocycles. The van der Waals surface area contributed by atoms with E-state index in [9.17, 15) is 4.39 Å². The Bertz CT molecular complexity index is 568. The summed E-state index contributed by atoms with van der Waals surface area (Å²) in [5, 5.41) is 3.16. The van der Waals surface area contributed by atoms with Crippen LogP contribution in [0.5, 0.6) is 5.75 Å². The van der Waals surface area contributed by atoms with Gasteiger partial charge in [0.15, 0.2) is 0 Å². The number of ether oxygens (including phenoxy) is 1. The second-order valence-electron chi connectivity index (χ2n) is 4.49. The number of halogens is 1. The molecule has 0 aliphatic rings. The third-order valence-electron chi connectivity index (χ3n) is 3.20. The van der Waals surface area contributed by atoms with Crippen LogP contribution in [0.4, 0.5) is 4.39 Å². The Morgan fingerprint density at radius 1 is 1.11 bits per heavy atom. The Labute approximate surface area is 113 Å². The summed E-state index contributed by atoms with van der Waals surface area (Å²) in [6, 6.07) is 12.5. The molecule has 0 fully saturated rings. The van der Waals surface area contributed by atoms with Crippen molar-refractivity contribution in [2.45, 2.75) is 13.0 Å². The van der Waals surface area contributed by atoms with Crippen molar-refractivity contribution in [1.29, 1.82) is 0 Å². The lowest BCUT2D eigenvalue weighted by atomic mass is 9.96. The molecule has 100 valence electrons. The molecule has 0 aliphatic heterocycles. The molecule has 1 unspecified atom stereocenters. The fourth-order valence-corrected chi connectivity index (χ4v) is 2.27. The number of hydrogen-bond donors (Lipinski definition) is 1. The summed E-state index contributed by atoms with van der Waals surface area (Å²) < 4.78 is 19.3. The topological polar surface area (TPSA) is 21.3 Å². The molecule has 2 nitrogen and oxygen atoms in total. The van der Waals surface area contributed by atoms with Gasteiger partial charge in [-0.25, -0.2) is 4.39 Å². The minimum absolute atomic E-state index is 0.217. The minimum Gasteiger partial charge on any atom is -0.496 e. The van der Waals surface area contributed by atoms with Gasteiger partial charge in [-0.05, 0) is 26.1 Å². The average Bonchev–Trinajstić information content (AvgIpc) is 2.42. The molecular weight excluding hydrogens is 241 g/mol. The summed E-state index contributed by atoms with van der Waals surface area (Å²) in [6.45, 7) is 2.01. The van der Waals surface area contributed by atoms with E-state index in [0.717, 1.165) is 16.9 Å². The van der Waals surface area contributed by atoms with E-state index in [4.69, 9.17) is 4.74 Å². The number of hydrogen-bond acceptors (Lipinski definition) is 2. The molecule has 2 rings (SSSR count). The first-order chi connectivity index (χ1) is 9.17. The van der Waals surface area contributed by atoms with Gasteiger partial charge >= 0.3 is 0 Å². The SMILES string of the molecule is CNC(c1ccccc1F)c1cc(C)ccc1OC. The van der Waals surface area contributed by atoms with E-state index < -0.39 is 0 Å². The van der Waals surface area contributed by atoms with Gasteiger partial charge in [-0.2, -0.15) is 0 Å². The third kappa shape index (κ3) is 2.76. The lowest BCUT2D eigenvalue weighted by Gasteiger charge is -2.21. The van der Waals surface area contributed by atoms with Gasteiger partial charge < -0.3 is 10.1 Å². The van der Waals surface area contributed by atoms with Crippen molar-refractivity contribution in [2.75, 3.05) is 14.2 Å². The molecule has 0 amide bonds. The second kappa shape index (κ2) is 5.85. The maximum absolute atomic E-state index is 14.0.